The maximum absolute atomic E-state index is 4.80. The van der Waals surface area contributed by atoms with Gasteiger partial charge in [-0.3, -0.25) is 0 Å². The summed E-state index contributed by atoms with van der Waals surface area (Å²) in [6.45, 7) is 6.31. The second-order valence-corrected chi connectivity index (χ2v) is 7.13. The zero-order chi connectivity index (χ0) is 19.5. The molecule has 4 aromatic rings. The van der Waals surface area contributed by atoms with Gasteiger partial charge in [-0.15, -0.1) is 0 Å². The van der Waals surface area contributed by atoms with Gasteiger partial charge in [-0.05, 0) is 55.7 Å². The van der Waals surface area contributed by atoms with E-state index >= 15 is 0 Å². The molecule has 0 aliphatic heterocycles. The molecule has 0 radical (unpaired) electrons. The molecule has 1 aromatic heterocycles. The molecule has 0 amide bonds. The van der Waals surface area contributed by atoms with Crippen LogP contribution in [0.3, 0.4) is 0 Å². The Hall–Kier alpha value is -3.40. The van der Waals surface area contributed by atoms with Gasteiger partial charge in [-0.2, -0.15) is 4.98 Å². The van der Waals surface area contributed by atoms with E-state index < -0.39 is 0 Å². The molecular formula is C24H24N4. The third kappa shape index (κ3) is 3.81. The van der Waals surface area contributed by atoms with Crippen LogP contribution in [-0.2, 0) is 0 Å². The molecule has 4 heteroatoms. The highest BCUT2D eigenvalue weighted by molar-refractivity contribution is 5.90. The molecule has 4 rings (SSSR count). The summed E-state index contributed by atoms with van der Waals surface area (Å²) in [5, 5.41) is 7.97. The van der Waals surface area contributed by atoms with Crippen molar-refractivity contribution < 1.29 is 0 Å². The average molecular weight is 368 g/mol. The number of nitrogens with zero attached hydrogens (tertiary/aromatic N) is 2. The van der Waals surface area contributed by atoms with E-state index in [0.717, 1.165) is 28.0 Å². The van der Waals surface area contributed by atoms with Gasteiger partial charge in [-0.1, -0.05) is 54.6 Å². The first-order chi connectivity index (χ1) is 13.6. The summed E-state index contributed by atoms with van der Waals surface area (Å²) in [4.78, 5) is 9.52. The van der Waals surface area contributed by atoms with Crippen molar-refractivity contribution in [1.82, 2.24) is 9.97 Å². The first kappa shape index (κ1) is 18.0. The number of fused-ring (bicyclic) bond motifs is 1. The molecule has 1 atom stereocenters. The molecule has 1 heterocycles. The summed E-state index contributed by atoms with van der Waals surface area (Å²) in [6, 6.07) is 24.9. The number of nitrogens with one attached hydrogen (secondary N) is 2. The summed E-state index contributed by atoms with van der Waals surface area (Å²) in [6.07, 6.45) is 0. The number of aromatic nitrogens is 2. The summed E-state index contributed by atoms with van der Waals surface area (Å²) in [5.41, 5.74) is 5.51. The second kappa shape index (κ2) is 7.69. The van der Waals surface area contributed by atoms with Gasteiger partial charge in [0.05, 0.1) is 5.52 Å². The Kier molecular flexibility index (Phi) is 4.94. The third-order valence-corrected chi connectivity index (χ3v) is 4.90. The van der Waals surface area contributed by atoms with Crippen LogP contribution < -0.4 is 10.6 Å². The third-order valence-electron chi connectivity index (χ3n) is 4.90. The highest BCUT2D eigenvalue weighted by atomic mass is 15.2. The standard InChI is InChI=1S/C24H24N4/c1-16-13-14-17(2)22(15-16)27-24-26-21-12-8-7-11-20(21)23(28-24)25-18(3)19-9-5-4-6-10-19/h4-15,18H,1-3H3,(H2,25,26,27,28). The van der Waals surface area contributed by atoms with Crippen molar-refractivity contribution in [3.05, 3.63) is 89.5 Å². The minimum absolute atomic E-state index is 0.132. The average Bonchev–Trinajstić information content (AvgIpc) is 2.71. The number of anilines is 3. The Bertz CT molecular complexity index is 1110. The molecule has 1 unspecified atom stereocenters. The van der Waals surface area contributed by atoms with Crippen LogP contribution in [0.5, 0.6) is 0 Å². The molecule has 28 heavy (non-hydrogen) atoms. The van der Waals surface area contributed by atoms with Crippen molar-refractivity contribution in [3.63, 3.8) is 0 Å². The fourth-order valence-electron chi connectivity index (χ4n) is 3.26. The van der Waals surface area contributed by atoms with Gasteiger partial charge >= 0.3 is 0 Å². The van der Waals surface area contributed by atoms with Crippen molar-refractivity contribution in [3.8, 4) is 0 Å². The van der Waals surface area contributed by atoms with Gasteiger partial charge in [0.15, 0.2) is 0 Å². The predicted octanol–water partition coefficient (Wildman–Crippen LogP) is 6.16. The topological polar surface area (TPSA) is 49.8 Å². The van der Waals surface area contributed by atoms with Crippen molar-refractivity contribution in [2.24, 2.45) is 0 Å². The molecule has 0 aliphatic carbocycles. The van der Waals surface area contributed by atoms with E-state index in [4.69, 9.17) is 9.97 Å². The fourth-order valence-corrected chi connectivity index (χ4v) is 3.26. The van der Waals surface area contributed by atoms with E-state index in [9.17, 15) is 0 Å². The number of hydrogen-bond donors (Lipinski definition) is 2. The lowest BCUT2D eigenvalue weighted by Crippen LogP contribution is -2.10. The van der Waals surface area contributed by atoms with E-state index in [1.165, 1.54) is 11.1 Å². The first-order valence-corrected chi connectivity index (χ1v) is 9.53. The van der Waals surface area contributed by atoms with Crippen LogP contribution >= 0.6 is 0 Å². The number of rotatable bonds is 5. The summed E-state index contributed by atoms with van der Waals surface area (Å²) in [5.74, 6) is 1.42. The van der Waals surface area contributed by atoms with E-state index in [1.54, 1.807) is 0 Å². The molecule has 0 saturated heterocycles. The molecular weight excluding hydrogens is 344 g/mol. The van der Waals surface area contributed by atoms with E-state index in [0.29, 0.717) is 5.95 Å². The molecule has 0 saturated carbocycles. The minimum atomic E-state index is 0.132. The van der Waals surface area contributed by atoms with E-state index in [-0.39, 0.29) is 6.04 Å². The van der Waals surface area contributed by atoms with E-state index in [2.05, 4.69) is 79.9 Å². The van der Waals surface area contributed by atoms with E-state index in [1.807, 2.05) is 24.3 Å². The monoisotopic (exact) mass is 368 g/mol. The Morgan fingerprint density at radius 1 is 0.821 bits per heavy atom. The molecule has 3 aromatic carbocycles. The van der Waals surface area contributed by atoms with Crippen LogP contribution in [0.25, 0.3) is 10.9 Å². The smallest absolute Gasteiger partial charge is 0.229 e. The number of hydrogen-bond acceptors (Lipinski definition) is 4. The highest BCUT2D eigenvalue weighted by Gasteiger charge is 2.12. The molecule has 0 bridgehead atoms. The Morgan fingerprint density at radius 2 is 1.57 bits per heavy atom. The lowest BCUT2D eigenvalue weighted by atomic mass is 10.1. The Labute approximate surface area is 165 Å². The zero-order valence-corrected chi connectivity index (χ0v) is 16.4. The van der Waals surface area contributed by atoms with Crippen LogP contribution in [0, 0.1) is 13.8 Å². The molecule has 2 N–H and O–H groups in total. The van der Waals surface area contributed by atoms with Gasteiger partial charge in [0.25, 0.3) is 0 Å². The maximum Gasteiger partial charge on any atom is 0.229 e. The second-order valence-electron chi connectivity index (χ2n) is 7.13. The molecule has 0 aliphatic rings. The first-order valence-electron chi connectivity index (χ1n) is 9.53. The highest BCUT2D eigenvalue weighted by Crippen LogP contribution is 2.28. The van der Waals surface area contributed by atoms with Crippen molar-refractivity contribution >= 4 is 28.4 Å². The largest absolute Gasteiger partial charge is 0.363 e. The van der Waals surface area contributed by atoms with Crippen LogP contribution in [0.1, 0.15) is 29.7 Å². The summed E-state index contributed by atoms with van der Waals surface area (Å²) >= 11 is 0. The molecule has 140 valence electrons. The number of para-hydroxylation sites is 1. The minimum Gasteiger partial charge on any atom is -0.363 e. The predicted molar refractivity (Wildman–Crippen MR) is 117 cm³/mol. The lowest BCUT2D eigenvalue weighted by Gasteiger charge is -2.18. The Morgan fingerprint density at radius 3 is 2.39 bits per heavy atom. The van der Waals surface area contributed by atoms with Gasteiger partial charge in [0.2, 0.25) is 5.95 Å². The van der Waals surface area contributed by atoms with Crippen molar-refractivity contribution in [1.29, 1.82) is 0 Å². The maximum atomic E-state index is 4.80. The van der Waals surface area contributed by atoms with Gasteiger partial charge in [0, 0.05) is 17.1 Å². The normalized spacial score (nSPS) is 12.0. The van der Waals surface area contributed by atoms with Crippen LogP contribution in [0.4, 0.5) is 17.5 Å². The molecule has 0 spiro atoms. The fraction of sp³-hybridized carbons (Fsp3) is 0.167. The summed E-state index contributed by atoms with van der Waals surface area (Å²) < 4.78 is 0. The van der Waals surface area contributed by atoms with Crippen LogP contribution in [0.2, 0.25) is 0 Å². The quantitative estimate of drug-likeness (QED) is 0.443. The van der Waals surface area contributed by atoms with Gasteiger partial charge in [-0.25, -0.2) is 4.98 Å². The van der Waals surface area contributed by atoms with Crippen LogP contribution in [-0.4, -0.2) is 9.97 Å². The summed E-state index contributed by atoms with van der Waals surface area (Å²) in [7, 11) is 0. The van der Waals surface area contributed by atoms with Crippen molar-refractivity contribution in [2.45, 2.75) is 26.8 Å². The van der Waals surface area contributed by atoms with Gasteiger partial charge in [0.1, 0.15) is 5.82 Å². The van der Waals surface area contributed by atoms with Crippen molar-refractivity contribution in [2.75, 3.05) is 10.6 Å². The Balaban J connectivity index is 1.72. The number of aryl methyl sites for hydroxylation is 2. The lowest BCUT2D eigenvalue weighted by molar-refractivity contribution is 0.876. The molecule has 4 nitrogen and oxygen atoms in total. The molecule has 0 fully saturated rings. The van der Waals surface area contributed by atoms with Gasteiger partial charge < -0.3 is 10.6 Å². The van der Waals surface area contributed by atoms with Crippen LogP contribution in [0.15, 0.2) is 72.8 Å². The zero-order valence-electron chi connectivity index (χ0n) is 16.4. The SMILES string of the molecule is Cc1ccc(C)c(Nc2nc(NC(C)c3ccccc3)c3ccccc3n2)c1. The number of benzene rings is 3.